The Morgan fingerprint density at radius 1 is 1.62 bits per heavy atom. The Labute approximate surface area is 90.5 Å². The SMILES string of the molecule is O=C(C=Cc1ccco1)NCc1nn[nH]n1. The first-order valence-electron chi connectivity index (χ1n) is 4.56. The number of carbonyl (C=O) groups is 1. The fraction of sp³-hybridized carbons (Fsp3) is 0.111. The first kappa shape index (κ1) is 10.1. The van der Waals surface area contributed by atoms with Gasteiger partial charge in [0.1, 0.15) is 5.76 Å². The van der Waals surface area contributed by atoms with Gasteiger partial charge in [-0.2, -0.15) is 5.21 Å². The van der Waals surface area contributed by atoms with Gasteiger partial charge in [-0.3, -0.25) is 4.79 Å². The molecule has 2 aromatic heterocycles. The number of hydrogen-bond acceptors (Lipinski definition) is 5. The lowest BCUT2D eigenvalue weighted by Crippen LogP contribution is -2.20. The number of furan rings is 1. The minimum Gasteiger partial charge on any atom is -0.465 e. The molecule has 2 aromatic rings. The van der Waals surface area contributed by atoms with Crippen molar-refractivity contribution < 1.29 is 9.21 Å². The van der Waals surface area contributed by atoms with Gasteiger partial charge in [-0.05, 0) is 18.2 Å². The number of amides is 1. The van der Waals surface area contributed by atoms with E-state index in [1.807, 2.05) is 0 Å². The zero-order valence-electron chi connectivity index (χ0n) is 8.25. The summed E-state index contributed by atoms with van der Waals surface area (Å²) in [6, 6.07) is 3.50. The van der Waals surface area contributed by atoms with E-state index in [2.05, 4.69) is 25.9 Å². The zero-order valence-corrected chi connectivity index (χ0v) is 8.25. The molecule has 0 aliphatic heterocycles. The van der Waals surface area contributed by atoms with Crippen molar-refractivity contribution in [2.45, 2.75) is 6.54 Å². The van der Waals surface area contributed by atoms with Gasteiger partial charge in [0, 0.05) is 6.08 Å². The van der Waals surface area contributed by atoms with Gasteiger partial charge in [0.15, 0.2) is 5.82 Å². The molecule has 16 heavy (non-hydrogen) atoms. The second kappa shape index (κ2) is 4.87. The fourth-order valence-electron chi connectivity index (χ4n) is 1.03. The third-order valence-corrected chi connectivity index (χ3v) is 1.75. The minimum absolute atomic E-state index is 0.234. The average molecular weight is 219 g/mol. The van der Waals surface area contributed by atoms with Crippen LogP contribution in [-0.4, -0.2) is 26.5 Å². The van der Waals surface area contributed by atoms with Gasteiger partial charge in [0.2, 0.25) is 5.91 Å². The Morgan fingerprint density at radius 3 is 3.25 bits per heavy atom. The van der Waals surface area contributed by atoms with Gasteiger partial charge in [-0.25, -0.2) is 0 Å². The maximum absolute atomic E-state index is 11.3. The Bertz CT molecular complexity index is 460. The molecule has 0 saturated carbocycles. The number of aromatic nitrogens is 4. The highest BCUT2D eigenvalue weighted by atomic mass is 16.3. The number of carbonyl (C=O) groups excluding carboxylic acids is 1. The van der Waals surface area contributed by atoms with Gasteiger partial charge in [-0.15, -0.1) is 10.2 Å². The summed E-state index contributed by atoms with van der Waals surface area (Å²) in [6.45, 7) is 0.234. The number of H-pyrrole nitrogens is 1. The molecule has 0 saturated heterocycles. The molecule has 0 radical (unpaired) electrons. The van der Waals surface area contributed by atoms with E-state index in [1.165, 1.54) is 12.3 Å². The van der Waals surface area contributed by atoms with Crippen LogP contribution in [0.3, 0.4) is 0 Å². The van der Waals surface area contributed by atoms with Gasteiger partial charge in [0.25, 0.3) is 0 Å². The van der Waals surface area contributed by atoms with Crippen LogP contribution in [0.1, 0.15) is 11.6 Å². The quantitative estimate of drug-likeness (QED) is 0.712. The first-order valence-corrected chi connectivity index (χ1v) is 4.56. The van der Waals surface area contributed by atoms with Crippen molar-refractivity contribution in [3.63, 3.8) is 0 Å². The van der Waals surface area contributed by atoms with Crippen LogP contribution < -0.4 is 5.32 Å². The van der Waals surface area contributed by atoms with E-state index in [9.17, 15) is 4.79 Å². The number of rotatable bonds is 4. The highest BCUT2D eigenvalue weighted by molar-refractivity contribution is 5.91. The van der Waals surface area contributed by atoms with Crippen LogP contribution in [0.2, 0.25) is 0 Å². The topological polar surface area (TPSA) is 96.7 Å². The van der Waals surface area contributed by atoms with E-state index >= 15 is 0 Å². The summed E-state index contributed by atoms with van der Waals surface area (Å²) in [7, 11) is 0. The second-order valence-corrected chi connectivity index (χ2v) is 2.89. The summed E-state index contributed by atoms with van der Waals surface area (Å²) in [4.78, 5) is 11.3. The van der Waals surface area contributed by atoms with Crippen LogP contribution in [0.4, 0.5) is 0 Å². The molecule has 2 N–H and O–H groups in total. The van der Waals surface area contributed by atoms with Crippen LogP contribution in [0.5, 0.6) is 0 Å². The summed E-state index contributed by atoms with van der Waals surface area (Å²) in [6.07, 6.45) is 4.49. The molecule has 0 fully saturated rings. The minimum atomic E-state index is -0.249. The van der Waals surface area contributed by atoms with Crippen LogP contribution in [-0.2, 0) is 11.3 Å². The van der Waals surface area contributed by atoms with Crippen LogP contribution >= 0.6 is 0 Å². The molecule has 2 rings (SSSR count). The third kappa shape index (κ3) is 2.77. The standard InChI is InChI=1S/C9H9N5O2/c15-9(4-3-7-2-1-5-16-7)10-6-8-11-13-14-12-8/h1-5H,6H2,(H,10,15)(H,11,12,13,14). The highest BCUT2D eigenvalue weighted by Gasteiger charge is 2.00. The van der Waals surface area contributed by atoms with E-state index in [-0.39, 0.29) is 12.5 Å². The van der Waals surface area contributed by atoms with Crippen molar-refractivity contribution in [1.82, 2.24) is 25.9 Å². The second-order valence-electron chi connectivity index (χ2n) is 2.89. The van der Waals surface area contributed by atoms with Crippen molar-refractivity contribution >= 4 is 12.0 Å². The molecule has 0 bridgehead atoms. The normalized spacial score (nSPS) is 10.8. The van der Waals surface area contributed by atoms with E-state index in [0.717, 1.165) is 0 Å². The molecule has 7 heteroatoms. The summed E-state index contributed by atoms with van der Waals surface area (Å²) in [5, 5.41) is 15.6. The fourth-order valence-corrected chi connectivity index (χ4v) is 1.03. The maximum Gasteiger partial charge on any atom is 0.244 e. The molecule has 0 atom stereocenters. The Balaban J connectivity index is 1.81. The molecule has 0 spiro atoms. The lowest BCUT2D eigenvalue weighted by molar-refractivity contribution is -0.116. The van der Waals surface area contributed by atoms with Crippen LogP contribution in [0, 0.1) is 0 Å². The number of tetrazole rings is 1. The predicted octanol–water partition coefficient (Wildman–Crippen LogP) is 0.122. The summed E-state index contributed by atoms with van der Waals surface area (Å²) < 4.78 is 5.03. The molecular weight excluding hydrogens is 210 g/mol. The molecule has 2 heterocycles. The lowest BCUT2D eigenvalue weighted by Gasteiger charge is -1.95. The molecule has 7 nitrogen and oxygen atoms in total. The molecule has 0 aliphatic rings. The Kier molecular flexibility index (Phi) is 3.07. The van der Waals surface area contributed by atoms with E-state index < -0.39 is 0 Å². The first-order chi connectivity index (χ1) is 7.84. The molecule has 1 amide bonds. The lowest BCUT2D eigenvalue weighted by atomic mass is 10.4. The Hall–Kier alpha value is -2.44. The molecular formula is C9H9N5O2. The van der Waals surface area contributed by atoms with Crippen LogP contribution in [0.15, 0.2) is 28.9 Å². The number of hydrogen-bond donors (Lipinski definition) is 2. The Morgan fingerprint density at radius 2 is 2.56 bits per heavy atom. The van der Waals surface area contributed by atoms with Crippen molar-refractivity contribution in [1.29, 1.82) is 0 Å². The number of nitrogens with zero attached hydrogens (tertiary/aromatic N) is 3. The molecule has 82 valence electrons. The molecule has 0 aromatic carbocycles. The predicted molar refractivity (Wildman–Crippen MR) is 53.8 cm³/mol. The average Bonchev–Trinajstić information content (AvgIpc) is 2.96. The van der Waals surface area contributed by atoms with Crippen molar-refractivity contribution in [2.24, 2.45) is 0 Å². The smallest absolute Gasteiger partial charge is 0.244 e. The maximum atomic E-state index is 11.3. The van der Waals surface area contributed by atoms with Gasteiger partial charge >= 0.3 is 0 Å². The largest absolute Gasteiger partial charge is 0.465 e. The number of aromatic amines is 1. The summed E-state index contributed by atoms with van der Waals surface area (Å²) in [5.74, 6) is 0.802. The highest BCUT2D eigenvalue weighted by Crippen LogP contribution is 2.01. The van der Waals surface area contributed by atoms with Gasteiger partial charge in [-0.1, -0.05) is 5.21 Å². The van der Waals surface area contributed by atoms with E-state index in [4.69, 9.17) is 4.42 Å². The van der Waals surface area contributed by atoms with E-state index in [0.29, 0.717) is 11.6 Å². The van der Waals surface area contributed by atoms with Gasteiger partial charge < -0.3 is 9.73 Å². The summed E-state index contributed by atoms with van der Waals surface area (Å²) in [5.41, 5.74) is 0. The van der Waals surface area contributed by atoms with Crippen molar-refractivity contribution in [3.8, 4) is 0 Å². The van der Waals surface area contributed by atoms with Crippen molar-refractivity contribution in [2.75, 3.05) is 0 Å². The van der Waals surface area contributed by atoms with Gasteiger partial charge in [0.05, 0.1) is 12.8 Å². The third-order valence-electron chi connectivity index (χ3n) is 1.75. The van der Waals surface area contributed by atoms with Crippen LogP contribution in [0.25, 0.3) is 6.08 Å². The summed E-state index contributed by atoms with van der Waals surface area (Å²) >= 11 is 0. The molecule has 0 aliphatic carbocycles. The monoisotopic (exact) mass is 219 g/mol. The number of nitrogens with one attached hydrogen (secondary N) is 2. The zero-order chi connectivity index (χ0) is 11.2. The van der Waals surface area contributed by atoms with Crippen molar-refractivity contribution in [3.05, 3.63) is 36.1 Å². The van der Waals surface area contributed by atoms with E-state index in [1.54, 1.807) is 18.2 Å². The molecule has 0 unspecified atom stereocenters.